The van der Waals surface area contributed by atoms with Crippen LogP contribution in [0.4, 0.5) is 0 Å². The zero-order chi connectivity index (χ0) is 17.3. The van der Waals surface area contributed by atoms with Gasteiger partial charge in [0.1, 0.15) is 18.4 Å². The molecule has 4 aliphatic heterocycles. The molecule has 0 aromatic carbocycles. The third-order valence-electron chi connectivity index (χ3n) is 5.47. The molecule has 1 spiro atoms. The standard InChI is InChI=1S/C13H21N7O4/c14-10-17-9-6(5-19-7(21)1-2-8(19)22)16-11(15)20-4-3-12(23,24)13(9,20)18-10/h6,9-10,17-18,23-24H,1-5,14H2,(H2,15,16)/p+1. The molecule has 24 heavy (non-hydrogen) atoms. The molecule has 4 heterocycles. The summed E-state index contributed by atoms with van der Waals surface area (Å²) in [4.78, 5) is 25.0. The number of rotatable bonds is 2. The number of imide groups is 1. The lowest BCUT2D eigenvalue weighted by Crippen LogP contribution is -2.78. The molecule has 3 fully saturated rings. The Balaban J connectivity index is 1.72. The van der Waals surface area contributed by atoms with Crippen molar-refractivity contribution in [3.05, 3.63) is 0 Å². The molecule has 9 N–H and O–H groups in total. The SMILES string of the molecule is NC1=[N+]2CCC(O)(O)C23NC(N)NC3C(CN2C(=O)CCC2=O)N1. The van der Waals surface area contributed by atoms with Crippen LogP contribution in [0, 0.1) is 0 Å². The first-order valence-corrected chi connectivity index (χ1v) is 8.00. The molecule has 4 atom stereocenters. The second-order valence-electron chi connectivity index (χ2n) is 6.79. The number of amides is 2. The molecule has 11 nitrogen and oxygen atoms in total. The van der Waals surface area contributed by atoms with Crippen LogP contribution in [0.3, 0.4) is 0 Å². The number of carbonyl (C=O) groups is 2. The van der Waals surface area contributed by atoms with Crippen molar-refractivity contribution in [2.24, 2.45) is 11.5 Å². The molecule has 4 rings (SSSR count). The van der Waals surface area contributed by atoms with Gasteiger partial charge < -0.3 is 15.9 Å². The van der Waals surface area contributed by atoms with E-state index in [9.17, 15) is 19.8 Å². The van der Waals surface area contributed by atoms with Gasteiger partial charge in [-0.2, -0.15) is 0 Å². The summed E-state index contributed by atoms with van der Waals surface area (Å²) < 4.78 is 1.64. The highest BCUT2D eigenvalue weighted by molar-refractivity contribution is 6.02. The van der Waals surface area contributed by atoms with Crippen molar-refractivity contribution in [2.45, 2.75) is 49.1 Å². The van der Waals surface area contributed by atoms with Crippen LogP contribution >= 0.6 is 0 Å². The Hall–Kier alpha value is -1.79. The molecule has 0 saturated carbocycles. The van der Waals surface area contributed by atoms with E-state index >= 15 is 0 Å². The zero-order valence-electron chi connectivity index (χ0n) is 13.0. The van der Waals surface area contributed by atoms with Crippen LogP contribution in [-0.2, 0) is 9.59 Å². The Bertz CT molecular complexity index is 634. The maximum atomic E-state index is 11.9. The van der Waals surface area contributed by atoms with Gasteiger partial charge in [-0.15, -0.1) is 0 Å². The fourth-order valence-corrected chi connectivity index (χ4v) is 4.39. The molecular weight excluding hydrogens is 318 g/mol. The summed E-state index contributed by atoms with van der Waals surface area (Å²) in [5, 5.41) is 30.3. The van der Waals surface area contributed by atoms with Crippen LogP contribution < -0.4 is 27.4 Å². The van der Waals surface area contributed by atoms with Crippen LogP contribution in [0.15, 0.2) is 0 Å². The number of likely N-dealkylation sites (tertiary alicyclic amines) is 1. The van der Waals surface area contributed by atoms with Gasteiger partial charge in [0.25, 0.3) is 0 Å². The minimum atomic E-state index is -2.07. The van der Waals surface area contributed by atoms with Gasteiger partial charge in [0.2, 0.25) is 23.3 Å². The van der Waals surface area contributed by atoms with Gasteiger partial charge in [-0.1, -0.05) is 0 Å². The summed E-state index contributed by atoms with van der Waals surface area (Å²) in [5.41, 5.74) is 10.7. The van der Waals surface area contributed by atoms with Gasteiger partial charge in [-0.25, -0.2) is 9.89 Å². The lowest BCUT2D eigenvalue weighted by molar-refractivity contribution is -0.624. The average molecular weight is 340 g/mol. The van der Waals surface area contributed by atoms with Crippen LogP contribution in [-0.4, -0.2) is 80.4 Å². The molecule has 4 aliphatic rings. The van der Waals surface area contributed by atoms with E-state index in [0.717, 1.165) is 0 Å². The first-order chi connectivity index (χ1) is 11.3. The van der Waals surface area contributed by atoms with Crippen LogP contribution in [0.1, 0.15) is 19.3 Å². The number of guanidine groups is 1. The number of carbonyl (C=O) groups excluding carboxylic acids is 2. The molecule has 0 radical (unpaired) electrons. The summed E-state index contributed by atoms with van der Waals surface area (Å²) in [5.74, 6) is -2.29. The van der Waals surface area contributed by atoms with Gasteiger partial charge in [0.15, 0.2) is 0 Å². The fourth-order valence-electron chi connectivity index (χ4n) is 4.39. The molecular formula is C13H22N7O4+. The number of aliphatic hydroxyl groups is 2. The molecule has 3 saturated heterocycles. The molecule has 0 bridgehead atoms. The van der Waals surface area contributed by atoms with E-state index in [4.69, 9.17) is 11.5 Å². The minimum Gasteiger partial charge on any atom is -0.361 e. The van der Waals surface area contributed by atoms with Crippen molar-refractivity contribution in [1.29, 1.82) is 0 Å². The maximum absolute atomic E-state index is 11.9. The molecule has 11 heteroatoms. The van der Waals surface area contributed by atoms with Gasteiger partial charge >= 0.3 is 5.96 Å². The lowest BCUT2D eigenvalue weighted by atomic mass is 9.86. The van der Waals surface area contributed by atoms with Crippen molar-refractivity contribution in [3.63, 3.8) is 0 Å². The fraction of sp³-hybridized carbons (Fsp3) is 0.769. The van der Waals surface area contributed by atoms with E-state index in [1.807, 2.05) is 0 Å². The largest absolute Gasteiger partial charge is 0.361 e. The van der Waals surface area contributed by atoms with Gasteiger partial charge in [0.05, 0.1) is 13.1 Å². The van der Waals surface area contributed by atoms with Crippen molar-refractivity contribution in [1.82, 2.24) is 20.9 Å². The normalized spacial score (nSPS) is 40.8. The van der Waals surface area contributed by atoms with Crippen molar-refractivity contribution >= 4 is 17.8 Å². The molecule has 0 aliphatic carbocycles. The predicted molar refractivity (Wildman–Crippen MR) is 79.8 cm³/mol. The third-order valence-corrected chi connectivity index (χ3v) is 5.47. The van der Waals surface area contributed by atoms with E-state index in [1.165, 1.54) is 4.90 Å². The second kappa shape index (κ2) is 4.86. The molecule has 4 unspecified atom stereocenters. The van der Waals surface area contributed by atoms with E-state index < -0.39 is 29.8 Å². The van der Waals surface area contributed by atoms with E-state index in [-0.39, 0.29) is 43.6 Å². The monoisotopic (exact) mass is 340 g/mol. The number of hydrogen-bond donors (Lipinski definition) is 7. The first-order valence-electron chi connectivity index (χ1n) is 8.00. The van der Waals surface area contributed by atoms with Gasteiger partial charge in [-0.05, 0) is 0 Å². The highest BCUT2D eigenvalue weighted by Crippen LogP contribution is 2.40. The summed E-state index contributed by atoms with van der Waals surface area (Å²) in [7, 11) is 0. The van der Waals surface area contributed by atoms with Crippen molar-refractivity contribution < 1.29 is 24.4 Å². The van der Waals surface area contributed by atoms with Crippen molar-refractivity contribution in [3.8, 4) is 0 Å². The molecule has 2 amide bonds. The predicted octanol–water partition coefficient (Wildman–Crippen LogP) is -4.98. The maximum Gasteiger partial charge on any atom is 0.345 e. The molecule has 0 aromatic heterocycles. The highest BCUT2D eigenvalue weighted by atomic mass is 16.5. The lowest BCUT2D eigenvalue weighted by Gasteiger charge is -2.44. The topological polar surface area (TPSA) is 169 Å². The minimum absolute atomic E-state index is 0.0795. The summed E-state index contributed by atoms with van der Waals surface area (Å²) in [6.07, 6.45) is -0.208. The molecule has 132 valence electrons. The third kappa shape index (κ3) is 1.87. The Labute approximate surface area is 137 Å². The highest BCUT2D eigenvalue weighted by Gasteiger charge is 2.71. The zero-order valence-corrected chi connectivity index (χ0v) is 13.0. The second-order valence-corrected chi connectivity index (χ2v) is 6.79. The Morgan fingerprint density at radius 2 is 1.96 bits per heavy atom. The first kappa shape index (κ1) is 15.7. The number of hydrogen-bond acceptors (Lipinski definition) is 9. The summed E-state index contributed by atoms with van der Waals surface area (Å²) >= 11 is 0. The van der Waals surface area contributed by atoms with Gasteiger partial charge in [0, 0.05) is 19.3 Å². The molecule has 0 aromatic rings. The Kier molecular flexibility index (Phi) is 3.19. The van der Waals surface area contributed by atoms with Crippen LogP contribution in [0.5, 0.6) is 0 Å². The summed E-state index contributed by atoms with van der Waals surface area (Å²) in [6.45, 7) is 0.411. The number of nitrogens with two attached hydrogens (primary N) is 2. The summed E-state index contributed by atoms with van der Waals surface area (Å²) in [6, 6.07) is -1.08. The number of nitrogens with one attached hydrogen (secondary N) is 3. The number of nitrogens with zero attached hydrogens (tertiary/aromatic N) is 2. The Morgan fingerprint density at radius 1 is 1.29 bits per heavy atom. The van der Waals surface area contributed by atoms with E-state index in [2.05, 4.69) is 16.0 Å². The quantitative estimate of drug-likeness (QED) is 0.148. The van der Waals surface area contributed by atoms with E-state index in [1.54, 1.807) is 4.58 Å². The average Bonchev–Trinajstić information content (AvgIpc) is 3.10. The Morgan fingerprint density at radius 3 is 2.62 bits per heavy atom. The smallest absolute Gasteiger partial charge is 0.345 e. The van der Waals surface area contributed by atoms with E-state index in [0.29, 0.717) is 6.54 Å². The van der Waals surface area contributed by atoms with Crippen LogP contribution in [0.25, 0.3) is 0 Å². The van der Waals surface area contributed by atoms with Gasteiger partial charge in [-0.3, -0.25) is 30.9 Å². The van der Waals surface area contributed by atoms with Crippen LogP contribution in [0.2, 0.25) is 0 Å². The van der Waals surface area contributed by atoms with Crippen molar-refractivity contribution in [2.75, 3.05) is 13.1 Å².